The maximum Gasteiger partial charge on any atom is 0.416 e. The summed E-state index contributed by atoms with van der Waals surface area (Å²) in [7, 11) is -1.15. The average molecular weight is 375 g/mol. The first-order chi connectivity index (χ1) is 11.7. The lowest BCUT2D eigenvalue weighted by Crippen LogP contribution is -2.23. The standard InChI is InChI=1S/C16H16F3NO4S/c1-23-14-7-6-13(9-15(14)24-2)25(21,22)20-10-11-4-3-5-12(8-11)16(17,18)19/h3-9,20H,10H2,1-2H3. The van der Waals surface area contributed by atoms with Crippen molar-refractivity contribution < 1.29 is 31.1 Å². The van der Waals surface area contributed by atoms with Gasteiger partial charge in [-0.05, 0) is 23.8 Å². The highest BCUT2D eigenvalue weighted by molar-refractivity contribution is 7.89. The van der Waals surface area contributed by atoms with Crippen molar-refractivity contribution in [3.05, 3.63) is 53.6 Å². The first kappa shape index (κ1) is 19.1. The zero-order valence-electron chi connectivity index (χ0n) is 13.4. The van der Waals surface area contributed by atoms with Crippen LogP contribution in [0.5, 0.6) is 11.5 Å². The largest absolute Gasteiger partial charge is 0.493 e. The molecular formula is C16H16F3NO4S. The molecule has 25 heavy (non-hydrogen) atoms. The number of alkyl halides is 3. The SMILES string of the molecule is COc1ccc(S(=O)(=O)NCc2cccc(C(F)(F)F)c2)cc1OC. The molecule has 0 bridgehead atoms. The van der Waals surface area contributed by atoms with Crippen molar-refractivity contribution in [2.75, 3.05) is 14.2 Å². The molecule has 0 spiro atoms. The lowest BCUT2D eigenvalue weighted by atomic mass is 10.1. The lowest BCUT2D eigenvalue weighted by Gasteiger charge is -2.12. The summed E-state index contributed by atoms with van der Waals surface area (Å²) in [5, 5.41) is 0. The molecule has 0 aliphatic heterocycles. The van der Waals surface area contributed by atoms with Crippen LogP contribution >= 0.6 is 0 Å². The van der Waals surface area contributed by atoms with E-state index in [0.29, 0.717) is 5.75 Å². The van der Waals surface area contributed by atoms with E-state index in [2.05, 4.69) is 4.72 Å². The molecule has 0 amide bonds. The summed E-state index contributed by atoms with van der Waals surface area (Å²) in [4.78, 5) is -0.0860. The summed E-state index contributed by atoms with van der Waals surface area (Å²) < 4.78 is 75.1. The van der Waals surface area contributed by atoms with Gasteiger partial charge in [-0.2, -0.15) is 13.2 Å². The molecule has 0 aromatic heterocycles. The average Bonchev–Trinajstić information content (AvgIpc) is 2.59. The van der Waals surface area contributed by atoms with E-state index in [-0.39, 0.29) is 22.8 Å². The molecule has 9 heteroatoms. The highest BCUT2D eigenvalue weighted by Gasteiger charge is 2.30. The fraction of sp³-hybridized carbons (Fsp3) is 0.250. The molecule has 0 aliphatic carbocycles. The second-order valence-electron chi connectivity index (χ2n) is 5.04. The Hall–Kier alpha value is -2.26. The second-order valence-corrected chi connectivity index (χ2v) is 6.81. The number of hydrogen-bond donors (Lipinski definition) is 1. The van der Waals surface area contributed by atoms with E-state index >= 15 is 0 Å². The van der Waals surface area contributed by atoms with Crippen LogP contribution in [-0.2, 0) is 22.7 Å². The van der Waals surface area contributed by atoms with Crippen LogP contribution in [0.25, 0.3) is 0 Å². The van der Waals surface area contributed by atoms with Crippen LogP contribution in [-0.4, -0.2) is 22.6 Å². The molecule has 136 valence electrons. The summed E-state index contributed by atoms with van der Waals surface area (Å²) >= 11 is 0. The fourth-order valence-corrected chi connectivity index (χ4v) is 3.14. The number of nitrogens with one attached hydrogen (secondary N) is 1. The van der Waals surface area contributed by atoms with Crippen LogP contribution in [0, 0.1) is 0 Å². The highest BCUT2D eigenvalue weighted by Crippen LogP contribution is 2.30. The zero-order valence-corrected chi connectivity index (χ0v) is 14.2. The van der Waals surface area contributed by atoms with Gasteiger partial charge < -0.3 is 9.47 Å². The minimum Gasteiger partial charge on any atom is -0.493 e. The molecule has 0 saturated heterocycles. The fourth-order valence-electron chi connectivity index (χ4n) is 2.10. The monoisotopic (exact) mass is 375 g/mol. The van der Waals surface area contributed by atoms with E-state index in [1.165, 1.54) is 44.6 Å². The van der Waals surface area contributed by atoms with Gasteiger partial charge in [-0.3, -0.25) is 0 Å². The van der Waals surface area contributed by atoms with Crippen LogP contribution in [0.1, 0.15) is 11.1 Å². The van der Waals surface area contributed by atoms with Gasteiger partial charge in [-0.25, -0.2) is 13.1 Å². The van der Waals surface area contributed by atoms with Crippen LogP contribution in [0.15, 0.2) is 47.4 Å². The molecule has 5 nitrogen and oxygen atoms in total. The van der Waals surface area contributed by atoms with Crippen LogP contribution < -0.4 is 14.2 Å². The Morgan fingerprint density at radius 1 is 1.00 bits per heavy atom. The molecule has 0 atom stereocenters. The lowest BCUT2D eigenvalue weighted by molar-refractivity contribution is -0.137. The van der Waals surface area contributed by atoms with E-state index in [1.807, 2.05) is 0 Å². The Morgan fingerprint density at radius 3 is 2.28 bits per heavy atom. The summed E-state index contributed by atoms with van der Waals surface area (Å²) in [6.45, 7) is -0.277. The van der Waals surface area contributed by atoms with Gasteiger partial charge in [0.2, 0.25) is 10.0 Å². The van der Waals surface area contributed by atoms with Crippen molar-refractivity contribution >= 4 is 10.0 Å². The van der Waals surface area contributed by atoms with Crippen molar-refractivity contribution in [2.45, 2.75) is 17.6 Å². The first-order valence-electron chi connectivity index (χ1n) is 7.05. The number of hydrogen-bond acceptors (Lipinski definition) is 4. The molecule has 0 aliphatic rings. The quantitative estimate of drug-likeness (QED) is 0.842. The van der Waals surface area contributed by atoms with Crippen LogP contribution in [0.2, 0.25) is 0 Å². The molecular weight excluding hydrogens is 359 g/mol. The minimum atomic E-state index is -4.49. The molecule has 2 aromatic carbocycles. The molecule has 0 heterocycles. The molecule has 0 unspecified atom stereocenters. The van der Waals surface area contributed by atoms with Crippen molar-refractivity contribution in [1.29, 1.82) is 0 Å². The Kier molecular flexibility index (Phi) is 5.58. The van der Waals surface area contributed by atoms with Crippen molar-refractivity contribution in [3.63, 3.8) is 0 Å². The molecule has 2 rings (SSSR count). The Balaban J connectivity index is 2.20. The van der Waals surface area contributed by atoms with E-state index in [0.717, 1.165) is 12.1 Å². The van der Waals surface area contributed by atoms with Gasteiger partial charge in [0.15, 0.2) is 11.5 Å². The van der Waals surface area contributed by atoms with Gasteiger partial charge in [-0.15, -0.1) is 0 Å². The third-order valence-corrected chi connectivity index (χ3v) is 4.78. The van der Waals surface area contributed by atoms with Crippen molar-refractivity contribution in [2.24, 2.45) is 0 Å². The molecule has 0 saturated carbocycles. The van der Waals surface area contributed by atoms with Gasteiger partial charge in [0, 0.05) is 12.6 Å². The molecule has 2 aromatic rings. The van der Waals surface area contributed by atoms with Crippen LogP contribution in [0.4, 0.5) is 13.2 Å². The smallest absolute Gasteiger partial charge is 0.416 e. The normalized spacial score (nSPS) is 12.0. The van der Waals surface area contributed by atoms with Crippen molar-refractivity contribution in [1.82, 2.24) is 4.72 Å². The Bertz CT molecular complexity index is 851. The predicted octanol–water partition coefficient (Wildman–Crippen LogP) is 3.20. The van der Waals surface area contributed by atoms with Gasteiger partial charge in [-0.1, -0.05) is 18.2 Å². The summed E-state index contributed by atoms with van der Waals surface area (Å²) in [6, 6.07) is 8.47. The maximum absolute atomic E-state index is 12.7. The molecule has 0 fully saturated rings. The van der Waals surface area contributed by atoms with Crippen LogP contribution in [0.3, 0.4) is 0 Å². The maximum atomic E-state index is 12.7. The topological polar surface area (TPSA) is 64.6 Å². The Labute approximate surface area is 143 Å². The number of benzene rings is 2. The van der Waals surface area contributed by atoms with E-state index in [9.17, 15) is 21.6 Å². The summed E-state index contributed by atoms with van der Waals surface area (Å²) in [5.74, 6) is 0.587. The predicted molar refractivity (Wildman–Crippen MR) is 85.0 cm³/mol. The third-order valence-electron chi connectivity index (χ3n) is 3.39. The highest BCUT2D eigenvalue weighted by atomic mass is 32.2. The zero-order chi connectivity index (χ0) is 18.7. The number of sulfonamides is 1. The summed E-state index contributed by atoms with van der Waals surface area (Å²) in [6.07, 6.45) is -4.49. The second kappa shape index (κ2) is 7.32. The van der Waals surface area contributed by atoms with Gasteiger partial charge in [0.25, 0.3) is 0 Å². The summed E-state index contributed by atoms with van der Waals surface area (Å²) in [5.41, 5.74) is -0.644. The molecule has 0 radical (unpaired) electrons. The van der Waals surface area contributed by atoms with Gasteiger partial charge >= 0.3 is 6.18 Å². The van der Waals surface area contributed by atoms with E-state index in [4.69, 9.17) is 9.47 Å². The first-order valence-corrected chi connectivity index (χ1v) is 8.53. The van der Waals surface area contributed by atoms with E-state index < -0.39 is 21.8 Å². The minimum absolute atomic E-state index is 0.0860. The number of rotatable bonds is 6. The number of methoxy groups -OCH3 is 2. The van der Waals surface area contributed by atoms with Gasteiger partial charge in [0.05, 0.1) is 24.7 Å². The third kappa shape index (κ3) is 4.64. The van der Waals surface area contributed by atoms with E-state index in [1.54, 1.807) is 0 Å². The van der Waals surface area contributed by atoms with Crippen molar-refractivity contribution in [3.8, 4) is 11.5 Å². The molecule has 1 N–H and O–H groups in total. The van der Waals surface area contributed by atoms with Gasteiger partial charge in [0.1, 0.15) is 0 Å². The number of halogens is 3. The number of ether oxygens (including phenoxy) is 2. The Morgan fingerprint density at radius 2 is 1.68 bits per heavy atom.